The van der Waals surface area contributed by atoms with Gasteiger partial charge in [-0.25, -0.2) is 4.98 Å². The monoisotopic (exact) mass is 421 g/mol. The van der Waals surface area contributed by atoms with Crippen molar-refractivity contribution in [1.29, 1.82) is 0 Å². The second-order valence-electron chi connectivity index (χ2n) is 7.01. The van der Waals surface area contributed by atoms with Crippen LogP contribution in [0.1, 0.15) is 22.6 Å². The second kappa shape index (κ2) is 8.71. The highest BCUT2D eigenvalue weighted by Crippen LogP contribution is 2.18. The van der Waals surface area contributed by atoms with E-state index in [1.54, 1.807) is 22.4 Å². The molecule has 0 spiro atoms. The van der Waals surface area contributed by atoms with Crippen molar-refractivity contribution < 1.29 is 4.74 Å². The van der Waals surface area contributed by atoms with E-state index in [0.29, 0.717) is 24.2 Å². The van der Waals surface area contributed by atoms with Crippen molar-refractivity contribution in [3.63, 3.8) is 0 Å². The Morgan fingerprint density at radius 3 is 2.67 bits per heavy atom. The number of para-hydroxylation sites is 1. The van der Waals surface area contributed by atoms with Gasteiger partial charge in [-0.2, -0.15) is 0 Å². The number of benzene rings is 1. The van der Waals surface area contributed by atoms with Gasteiger partial charge in [-0.15, -0.1) is 10.2 Å². The molecule has 7 nitrogen and oxygen atoms in total. The molecule has 0 atom stereocenters. The maximum absolute atomic E-state index is 13.0. The van der Waals surface area contributed by atoms with Gasteiger partial charge >= 0.3 is 0 Å². The molecule has 0 fully saturated rings. The summed E-state index contributed by atoms with van der Waals surface area (Å²) >= 11 is 1.58. The molecule has 3 heterocycles. The van der Waals surface area contributed by atoms with Crippen molar-refractivity contribution in [2.45, 2.75) is 25.4 Å². The number of pyridine rings is 1. The van der Waals surface area contributed by atoms with E-state index >= 15 is 0 Å². The number of aryl methyl sites for hydroxylation is 2. The molecule has 4 rings (SSSR count). The molecule has 154 valence electrons. The fraction of sp³-hybridized carbons (Fsp3) is 0.273. The topological polar surface area (TPSA) is 74.3 Å². The molecule has 0 aliphatic carbocycles. The highest BCUT2D eigenvalue weighted by atomic mass is 32.2. The molecule has 4 aromatic rings. The Balaban J connectivity index is 1.47. The summed E-state index contributed by atoms with van der Waals surface area (Å²) in [5, 5.41) is 9.38. The van der Waals surface area contributed by atoms with Crippen molar-refractivity contribution in [2.24, 2.45) is 7.05 Å². The summed E-state index contributed by atoms with van der Waals surface area (Å²) in [4.78, 5) is 17.7. The molecule has 0 unspecified atom stereocenters. The number of aromatic nitrogens is 5. The van der Waals surface area contributed by atoms with Gasteiger partial charge in [0.05, 0.1) is 6.61 Å². The van der Waals surface area contributed by atoms with Crippen LogP contribution in [-0.4, -0.2) is 36.5 Å². The predicted octanol–water partition coefficient (Wildman–Crippen LogP) is 3.20. The van der Waals surface area contributed by atoms with Crippen LogP contribution in [0.2, 0.25) is 0 Å². The lowest BCUT2D eigenvalue weighted by atomic mass is 10.1. The first kappa shape index (κ1) is 20.2. The lowest BCUT2D eigenvalue weighted by Gasteiger charge is -2.09. The summed E-state index contributed by atoms with van der Waals surface area (Å²) in [5.41, 5.74) is 2.96. The van der Waals surface area contributed by atoms with Crippen LogP contribution >= 0.6 is 11.8 Å². The number of ether oxygens (including phenoxy) is 1. The van der Waals surface area contributed by atoms with Crippen LogP contribution in [0.25, 0.3) is 5.65 Å². The van der Waals surface area contributed by atoms with E-state index in [0.717, 1.165) is 33.7 Å². The minimum Gasteiger partial charge on any atom is -0.493 e. The number of hydrogen-bond acceptors (Lipinski definition) is 6. The normalized spacial score (nSPS) is 11.2. The predicted molar refractivity (Wildman–Crippen MR) is 117 cm³/mol. The summed E-state index contributed by atoms with van der Waals surface area (Å²) < 4.78 is 9.25. The molecule has 0 amide bonds. The SMILES string of the molecule is Cc1nc2c(C)cccn2c(=O)c1Cc1nnc(SCCOc2ccccc2)n1C. The van der Waals surface area contributed by atoms with Crippen LogP contribution in [0, 0.1) is 13.8 Å². The average Bonchev–Trinajstić information content (AvgIpc) is 3.09. The van der Waals surface area contributed by atoms with Gasteiger partial charge in [0, 0.05) is 36.7 Å². The Labute approximate surface area is 178 Å². The van der Waals surface area contributed by atoms with E-state index in [9.17, 15) is 4.79 Å². The van der Waals surface area contributed by atoms with Crippen molar-refractivity contribution in [3.05, 3.63) is 81.7 Å². The average molecular weight is 422 g/mol. The van der Waals surface area contributed by atoms with E-state index in [1.165, 1.54) is 0 Å². The standard InChI is InChI=1S/C22H23N5O2S/c1-15-8-7-11-27-20(15)23-16(2)18(21(27)28)14-19-24-25-22(26(19)3)30-13-12-29-17-9-5-4-6-10-17/h4-11H,12-14H2,1-3H3. The van der Waals surface area contributed by atoms with Crippen molar-refractivity contribution in [3.8, 4) is 5.75 Å². The van der Waals surface area contributed by atoms with Gasteiger partial charge in [0.1, 0.15) is 17.2 Å². The van der Waals surface area contributed by atoms with Crippen molar-refractivity contribution in [1.82, 2.24) is 24.1 Å². The molecule has 1 aromatic carbocycles. The number of fused-ring (bicyclic) bond motifs is 1. The second-order valence-corrected chi connectivity index (χ2v) is 8.07. The van der Waals surface area contributed by atoms with Gasteiger partial charge in [0.15, 0.2) is 5.16 Å². The van der Waals surface area contributed by atoms with Gasteiger partial charge in [0.2, 0.25) is 0 Å². The van der Waals surface area contributed by atoms with E-state index in [1.807, 2.05) is 67.9 Å². The lowest BCUT2D eigenvalue weighted by Crippen LogP contribution is -2.23. The maximum Gasteiger partial charge on any atom is 0.261 e. The molecule has 3 aromatic heterocycles. The van der Waals surface area contributed by atoms with Crippen LogP contribution in [0.4, 0.5) is 0 Å². The summed E-state index contributed by atoms with van der Waals surface area (Å²) in [6.07, 6.45) is 2.14. The number of rotatable bonds is 7. The van der Waals surface area contributed by atoms with Crippen LogP contribution in [0.15, 0.2) is 58.6 Å². The molecule has 0 saturated heterocycles. The van der Waals surface area contributed by atoms with E-state index < -0.39 is 0 Å². The minimum atomic E-state index is -0.0605. The molecule has 0 aliphatic heterocycles. The smallest absolute Gasteiger partial charge is 0.261 e. The Bertz CT molecular complexity index is 1230. The fourth-order valence-electron chi connectivity index (χ4n) is 3.24. The van der Waals surface area contributed by atoms with E-state index in [4.69, 9.17) is 4.74 Å². The van der Waals surface area contributed by atoms with Crippen molar-refractivity contribution >= 4 is 17.4 Å². The third-order valence-electron chi connectivity index (χ3n) is 4.94. The summed E-state index contributed by atoms with van der Waals surface area (Å²) in [7, 11) is 1.92. The minimum absolute atomic E-state index is 0.0605. The molecule has 0 N–H and O–H groups in total. The van der Waals surface area contributed by atoms with Gasteiger partial charge in [-0.3, -0.25) is 9.20 Å². The Hall–Kier alpha value is -3.13. The first-order valence-corrected chi connectivity index (χ1v) is 10.7. The maximum atomic E-state index is 13.0. The van der Waals surface area contributed by atoms with Gasteiger partial charge < -0.3 is 9.30 Å². The van der Waals surface area contributed by atoms with Crippen LogP contribution in [-0.2, 0) is 13.5 Å². The summed E-state index contributed by atoms with van der Waals surface area (Å²) in [6, 6.07) is 13.5. The third kappa shape index (κ3) is 4.09. The molecule has 0 aliphatic rings. The van der Waals surface area contributed by atoms with Gasteiger partial charge in [0.25, 0.3) is 5.56 Å². The Morgan fingerprint density at radius 2 is 1.87 bits per heavy atom. The van der Waals surface area contributed by atoms with E-state index in [2.05, 4.69) is 15.2 Å². The lowest BCUT2D eigenvalue weighted by molar-refractivity contribution is 0.344. The van der Waals surface area contributed by atoms with Crippen LogP contribution in [0.3, 0.4) is 0 Å². The third-order valence-corrected chi connectivity index (χ3v) is 5.92. The molecule has 0 saturated carbocycles. The molecule has 0 radical (unpaired) electrons. The summed E-state index contributed by atoms with van der Waals surface area (Å²) in [5.74, 6) is 2.34. The first-order chi connectivity index (χ1) is 14.5. The molecule has 0 bridgehead atoms. The number of hydrogen-bond donors (Lipinski definition) is 0. The fourth-order valence-corrected chi connectivity index (χ4v) is 3.98. The van der Waals surface area contributed by atoms with E-state index in [-0.39, 0.29) is 5.56 Å². The Kier molecular flexibility index (Phi) is 5.85. The quantitative estimate of drug-likeness (QED) is 0.337. The molecular weight excluding hydrogens is 398 g/mol. The number of thioether (sulfide) groups is 1. The molecule has 30 heavy (non-hydrogen) atoms. The Morgan fingerprint density at radius 1 is 1.07 bits per heavy atom. The summed E-state index contributed by atoms with van der Waals surface area (Å²) in [6.45, 7) is 4.40. The molecule has 8 heteroatoms. The van der Waals surface area contributed by atoms with Crippen molar-refractivity contribution in [2.75, 3.05) is 12.4 Å². The highest BCUT2D eigenvalue weighted by Gasteiger charge is 2.16. The zero-order valence-electron chi connectivity index (χ0n) is 17.2. The zero-order valence-corrected chi connectivity index (χ0v) is 18.0. The zero-order chi connectivity index (χ0) is 21.1. The van der Waals surface area contributed by atoms with Crippen LogP contribution < -0.4 is 10.3 Å². The van der Waals surface area contributed by atoms with Gasteiger partial charge in [-0.1, -0.05) is 36.0 Å². The highest BCUT2D eigenvalue weighted by molar-refractivity contribution is 7.99. The number of nitrogens with zero attached hydrogens (tertiary/aromatic N) is 5. The largest absolute Gasteiger partial charge is 0.493 e. The van der Waals surface area contributed by atoms with Gasteiger partial charge in [-0.05, 0) is 37.6 Å². The van der Waals surface area contributed by atoms with Crippen LogP contribution in [0.5, 0.6) is 5.75 Å². The molecular formula is C22H23N5O2S. The first-order valence-electron chi connectivity index (χ1n) is 9.71.